The van der Waals surface area contributed by atoms with Gasteiger partial charge in [-0.25, -0.2) is 8.42 Å². The van der Waals surface area contributed by atoms with Crippen LogP contribution in [0.1, 0.15) is 22.8 Å². The predicted octanol–water partition coefficient (Wildman–Crippen LogP) is 1.46. The first kappa shape index (κ1) is 14.5. The Balaban J connectivity index is 3.14. The highest BCUT2D eigenvalue weighted by molar-refractivity contribution is 7.92. The van der Waals surface area contributed by atoms with Gasteiger partial charge in [-0.2, -0.15) is 0 Å². The summed E-state index contributed by atoms with van der Waals surface area (Å²) < 4.78 is 25.5. The van der Waals surface area contributed by atoms with Crippen molar-refractivity contribution in [2.24, 2.45) is 0 Å². The molecule has 0 saturated heterocycles. The third-order valence-corrected chi connectivity index (χ3v) is 3.83. The van der Waals surface area contributed by atoms with Gasteiger partial charge in [0.15, 0.2) is 0 Å². The summed E-state index contributed by atoms with van der Waals surface area (Å²) in [6.45, 7) is 3.35. The minimum Gasteiger partial charge on any atom is -0.345 e. The van der Waals surface area contributed by atoms with Gasteiger partial charge in [-0.3, -0.25) is 9.52 Å². The Labute approximate surface area is 108 Å². The number of carbonyl (C=O) groups is 1. The third kappa shape index (κ3) is 3.46. The van der Waals surface area contributed by atoms with E-state index in [1.54, 1.807) is 46.1 Å². The molecule has 0 saturated carbocycles. The van der Waals surface area contributed by atoms with Crippen LogP contribution in [0.15, 0.2) is 18.2 Å². The second-order valence-electron chi connectivity index (χ2n) is 4.23. The van der Waals surface area contributed by atoms with Crippen LogP contribution in [0, 0.1) is 6.92 Å². The summed E-state index contributed by atoms with van der Waals surface area (Å²) in [7, 11) is -0.0309. The van der Waals surface area contributed by atoms with E-state index in [9.17, 15) is 13.2 Å². The molecule has 0 bridgehead atoms. The van der Waals surface area contributed by atoms with Crippen LogP contribution < -0.4 is 4.72 Å². The first-order chi connectivity index (χ1) is 8.26. The maximum Gasteiger partial charge on any atom is 0.253 e. The Bertz CT molecular complexity index is 550. The van der Waals surface area contributed by atoms with Gasteiger partial charge < -0.3 is 4.90 Å². The highest BCUT2D eigenvalue weighted by atomic mass is 32.2. The van der Waals surface area contributed by atoms with Crippen LogP contribution >= 0.6 is 0 Å². The van der Waals surface area contributed by atoms with Gasteiger partial charge in [0.25, 0.3) is 5.91 Å². The van der Waals surface area contributed by atoms with Crippen LogP contribution in [0.5, 0.6) is 0 Å². The standard InChI is InChI=1S/C12H18N2O3S/c1-5-18(16,17)13-11-8-10(7-6-9(11)2)12(15)14(3)4/h6-8,13H,5H2,1-4H3. The molecular weight excluding hydrogens is 252 g/mol. The lowest BCUT2D eigenvalue weighted by atomic mass is 10.1. The number of nitrogens with zero attached hydrogens (tertiary/aromatic N) is 1. The van der Waals surface area contributed by atoms with E-state index in [1.807, 2.05) is 0 Å². The largest absolute Gasteiger partial charge is 0.345 e. The van der Waals surface area contributed by atoms with Crippen molar-refractivity contribution in [1.82, 2.24) is 4.90 Å². The highest BCUT2D eigenvalue weighted by Crippen LogP contribution is 2.19. The zero-order chi connectivity index (χ0) is 13.9. The van der Waals surface area contributed by atoms with Crippen molar-refractivity contribution < 1.29 is 13.2 Å². The van der Waals surface area contributed by atoms with Crippen LogP contribution in [-0.4, -0.2) is 39.1 Å². The first-order valence-electron chi connectivity index (χ1n) is 5.59. The topological polar surface area (TPSA) is 66.5 Å². The van der Waals surface area contributed by atoms with E-state index < -0.39 is 10.0 Å². The molecular formula is C12H18N2O3S. The van der Waals surface area contributed by atoms with Gasteiger partial charge in [-0.1, -0.05) is 6.07 Å². The van der Waals surface area contributed by atoms with E-state index in [1.165, 1.54) is 4.90 Å². The minimum atomic E-state index is -3.33. The Hall–Kier alpha value is -1.56. The van der Waals surface area contributed by atoms with Gasteiger partial charge in [-0.05, 0) is 31.5 Å². The van der Waals surface area contributed by atoms with Gasteiger partial charge in [-0.15, -0.1) is 0 Å². The van der Waals surface area contributed by atoms with Crippen molar-refractivity contribution >= 4 is 21.6 Å². The molecule has 0 heterocycles. The van der Waals surface area contributed by atoms with Gasteiger partial charge in [0.05, 0.1) is 11.4 Å². The minimum absolute atomic E-state index is 0.00169. The van der Waals surface area contributed by atoms with Gasteiger partial charge in [0, 0.05) is 19.7 Å². The van der Waals surface area contributed by atoms with E-state index in [-0.39, 0.29) is 11.7 Å². The van der Waals surface area contributed by atoms with Crippen molar-refractivity contribution in [3.8, 4) is 0 Å². The fraction of sp³-hybridized carbons (Fsp3) is 0.417. The fourth-order valence-electron chi connectivity index (χ4n) is 1.36. The van der Waals surface area contributed by atoms with Gasteiger partial charge in [0.1, 0.15) is 0 Å². The molecule has 0 radical (unpaired) electrons. The first-order valence-corrected chi connectivity index (χ1v) is 7.25. The lowest BCUT2D eigenvalue weighted by Crippen LogP contribution is -2.22. The van der Waals surface area contributed by atoms with Crippen LogP contribution in [0.4, 0.5) is 5.69 Å². The molecule has 5 nitrogen and oxygen atoms in total. The Kier molecular flexibility index (Phi) is 4.34. The number of hydrogen-bond donors (Lipinski definition) is 1. The molecule has 0 spiro atoms. The average Bonchev–Trinajstić information content (AvgIpc) is 2.30. The van der Waals surface area contributed by atoms with Crippen molar-refractivity contribution in [3.63, 3.8) is 0 Å². The van der Waals surface area contributed by atoms with E-state index in [4.69, 9.17) is 0 Å². The molecule has 0 fully saturated rings. The molecule has 0 aromatic heterocycles. The normalized spacial score (nSPS) is 11.1. The lowest BCUT2D eigenvalue weighted by molar-refractivity contribution is 0.0827. The molecule has 1 N–H and O–H groups in total. The van der Waals surface area contributed by atoms with Crippen molar-refractivity contribution in [2.45, 2.75) is 13.8 Å². The second kappa shape index (κ2) is 5.39. The zero-order valence-corrected chi connectivity index (χ0v) is 11.8. The number of rotatable bonds is 4. The maximum absolute atomic E-state index is 11.8. The van der Waals surface area contributed by atoms with E-state index in [2.05, 4.69) is 4.72 Å². The van der Waals surface area contributed by atoms with Crippen molar-refractivity contribution in [1.29, 1.82) is 0 Å². The number of anilines is 1. The van der Waals surface area contributed by atoms with Crippen LogP contribution in [0.25, 0.3) is 0 Å². The summed E-state index contributed by atoms with van der Waals surface area (Å²) in [6.07, 6.45) is 0. The molecule has 100 valence electrons. The molecule has 1 aromatic rings. The van der Waals surface area contributed by atoms with Crippen molar-refractivity contribution in [2.75, 3.05) is 24.6 Å². The second-order valence-corrected chi connectivity index (χ2v) is 6.25. The number of sulfonamides is 1. The highest BCUT2D eigenvalue weighted by Gasteiger charge is 2.13. The molecule has 18 heavy (non-hydrogen) atoms. The molecule has 1 aromatic carbocycles. The summed E-state index contributed by atoms with van der Waals surface area (Å²) in [6, 6.07) is 4.97. The molecule has 0 atom stereocenters. The monoisotopic (exact) mass is 270 g/mol. The Morgan fingerprint density at radius 1 is 1.33 bits per heavy atom. The van der Waals surface area contributed by atoms with Crippen LogP contribution in [-0.2, 0) is 10.0 Å². The summed E-state index contributed by atoms with van der Waals surface area (Å²) in [5, 5.41) is 0. The third-order valence-electron chi connectivity index (χ3n) is 2.54. The van der Waals surface area contributed by atoms with E-state index >= 15 is 0 Å². The molecule has 0 aliphatic carbocycles. The maximum atomic E-state index is 11.8. The fourth-order valence-corrected chi connectivity index (χ4v) is 2.06. The van der Waals surface area contributed by atoms with E-state index in [0.29, 0.717) is 11.3 Å². The number of carbonyl (C=O) groups excluding carboxylic acids is 1. The van der Waals surface area contributed by atoms with E-state index in [0.717, 1.165) is 5.56 Å². The number of benzene rings is 1. The lowest BCUT2D eigenvalue weighted by Gasteiger charge is -2.13. The van der Waals surface area contributed by atoms with Crippen LogP contribution in [0.2, 0.25) is 0 Å². The van der Waals surface area contributed by atoms with Gasteiger partial charge in [0.2, 0.25) is 10.0 Å². The molecule has 6 heteroatoms. The molecule has 1 rings (SSSR count). The van der Waals surface area contributed by atoms with Gasteiger partial charge >= 0.3 is 0 Å². The average molecular weight is 270 g/mol. The number of amides is 1. The number of nitrogens with one attached hydrogen (secondary N) is 1. The summed E-state index contributed by atoms with van der Waals surface area (Å²) in [5.41, 5.74) is 1.69. The summed E-state index contributed by atoms with van der Waals surface area (Å²) in [5.74, 6) is -0.162. The quantitative estimate of drug-likeness (QED) is 0.900. The van der Waals surface area contributed by atoms with Crippen molar-refractivity contribution in [3.05, 3.63) is 29.3 Å². The summed E-state index contributed by atoms with van der Waals surface area (Å²) in [4.78, 5) is 13.2. The Morgan fingerprint density at radius 3 is 2.44 bits per heavy atom. The SMILES string of the molecule is CCS(=O)(=O)Nc1cc(C(=O)N(C)C)ccc1C. The predicted molar refractivity (Wildman–Crippen MR) is 72.3 cm³/mol. The Morgan fingerprint density at radius 2 is 1.94 bits per heavy atom. The number of hydrogen-bond acceptors (Lipinski definition) is 3. The summed E-state index contributed by atoms with van der Waals surface area (Å²) >= 11 is 0. The number of aryl methyl sites for hydroxylation is 1. The molecule has 1 amide bonds. The molecule has 0 aliphatic heterocycles. The molecule has 0 aliphatic rings. The van der Waals surface area contributed by atoms with Crippen LogP contribution in [0.3, 0.4) is 0 Å². The smallest absolute Gasteiger partial charge is 0.253 e. The molecule has 0 unspecified atom stereocenters. The zero-order valence-electron chi connectivity index (χ0n) is 11.0.